The summed E-state index contributed by atoms with van der Waals surface area (Å²) >= 11 is 0. The van der Waals surface area contributed by atoms with Gasteiger partial charge in [-0.2, -0.15) is 0 Å². The maximum absolute atomic E-state index is 12.5. The minimum atomic E-state index is -0.308. The van der Waals surface area contributed by atoms with Crippen molar-refractivity contribution in [2.45, 2.75) is 32.7 Å². The third-order valence-corrected chi connectivity index (χ3v) is 5.08. The van der Waals surface area contributed by atoms with Crippen LogP contribution in [0, 0.1) is 5.92 Å². The number of carbonyl (C=O) groups excluding carboxylic acids is 1. The van der Waals surface area contributed by atoms with Gasteiger partial charge < -0.3 is 10.2 Å². The zero-order valence-electron chi connectivity index (χ0n) is 15.2. The van der Waals surface area contributed by atoms with Gasteiger partial charge in [-0.3, -0.25) is 19.5 Å². The average Bonchev–Trinajstić information content (AvgIpc) is 2.68. The van der Waals surface area contributed by atoms with Crippen molar-refractivity contribution in [3.8, 4) is 0 Å². The zero-order chi connectivity index (χ0) is 18.5. The lowest BCUT2D eigenvalue weighted by Gasteiger charge is -2.32. The lowest BCUT2D eigenvalue weighted by Crippen LogP contribution is -2.41. The first kappa shape index (κ1) is 18.4. The Morgan fingerprint density at radius 1 is 1.19 bits per heavy atom. The Morgan fingerprint density at radius 3 is 2.58 bits per heavy atom. The van der Waals surface area contributed by atoms with Gasteiger partial charge in [-0.1, -0.05) is 19.1 Å². The predicted octanol–water partition coefficient (Wildman–Crippen LogP) is 0.928. The number of aryl methyl sites for hydroxylation is 1. The standard InChI is InChI=1S/C19H26N4O3/c1-2-20-13-14-7-10-22(11-8-14)17(24)9-12-23-19(26)16-6-4-3-5-15(16)18(25)21-23/h3-6,14,20H,2,7-13H2,1H3,(H,21,25). The maximum atomic E-state index is 12.5. The predicted molar refractivity (Wildman–Crippen MR) is 101 cm³/mol. The first-order valence-corrected chi connectivity index (χ1v) is 9.30. The van der Waals surface area contributed by atoms with Gasteiger partial charge in [-0.15, -0.1) is 0 Å². The summed E-state index contributed by atoms with van der Waals surface area (Å²) in [6.07, 6.45) is 2.23. The Morgan fingerprint density at radius 2 is 1.88 bits per heavy atom. The molecule has 7 nitrogen and oxygen atoms in total. The van der Waals surface area contributed by atoms with Crippen molar-refractivity contribution in [2.24, 2.45) is 5.92 Å². The number of amides is 1. The van der Waals surface area contributed by atoms with Crippen molar-refractivity contribution in [3.05, 3.63) is 45.0 Å². The molecule has 0 bridgehead atoms. The number of hydrogen-bond donors (Lipinski definition) is 2. The molecule has 0 unspecified atom stereocenters. The molecule has 1 aliphatic heterocycles. The minimum Gasteiger partial charge on any atom is -0.343 e. The molecular weight excluding hydrogens is 332 g/mol. The largest absolute Gasteiger partial charge is 0.343 e. The van der Waals surface area contributed by atoms with Crippen LogP contribution in [-0.4, -0.2) is 46.8 Å². The molecule has 1 aromatic heterocycles. The summed E-state index contributed by atoms with van der Waals surface area (Å²) in [6.45, 7) is 5.78. The topological polar surface area (TPSA) is 87.2 Å². The van der Waals surface area contributed by atoms with E-state index in [1.54, 1.807) is 24.3 Å². The van der Waals surface area contributed by atoms with Crippen molar-refractivity contribution in [1.29, 1.82) is 0 Å². The van der Waals surface area contributed by atoms with Crippen molar-refractivity contribution in [2.75, 3.05) is 26.2 Å². The van der Waals surface area contributed by atoms with Crippen LogP contribution < -0.4 is 16.4 Å². The Kier molecular flexibility index (Phi) is 5.88. The number of benzene rings is 1. The second-order valence-electron chi connectivity index (χ2n) is 6.83. The zero-order valence-corrected chi connectivity index (χ0v) is 15.2. The molecule has 0 spiro atoms. The van der Waals surface area contributed by atoms with E-state index in [9.17, 15) is 14.4 Å². The molecule has 1 aliphatic rings. The molecular formula is C19H26N4O3. The Labute approximate surface area is 152 Å². The number of fused-ring (bicyclic) bond motifs is 1. The normalized spacial score (nSPS) is 15.5. The first-order valence-electron chi connectivity index (χ1n) is 9.30. The summed E-state index contributed by atoms with van der Waals surface area (Å²) < 4.78 is 1.25. The highest BCUT2D eigenvalue weighted by molar-refractivity contribution is 5.80. The molecule has 0 saturated carbocycles. The Bertz CT molecular complexity index is 878. The highest BCUT2D eigenvalue weighted by Crippen LogP contribution is 2.17. The van der Waals surface area contributed by atoms with E-state index in [0.717, 1.165) is 39.0 Å². The second-order valence-corrected chi connectivity index (χ2v) is 6.83. The van der Waals surface area contributed by atoms with Crippen LogP contribution >= 0.6 is 0 Å². The summed E-state index contributed by atoms with van der Waals surface area (Å²) in [4.78, 5) is 38.9. The third-order valence-electron chi connectivity index (χ3n) is 5.08. The number of nitrogens with one attached hydrogen (secondary N) is 2. The molecule has 140 valence electrons. The average molecular weight is 358 g/mol. The van der Waals surface area contributed by atoms with E-state index >= 15 is 0 Å². The summed E-state index contributed by atoms with van der Waals surface area (Å²) in [5.41, 5.74) is -0.575. The van der Waals surface area contributed by atoms with E-state index in [2.05, 4.69) is 17.3 Å². The van der Waals surface area contributed by atoms with Crippen LogP contribution in [0.1, 0.15) is 26.2 Å². The number of aromatic nitrogens is 2. The molecule has 26 heavy (non-hydrogen) atoms. The monoisotopic (exact) mass is 358 g/mol. The lowest BCUT2D eigenvalue weighted by atomic mass is 9.96. The van der Waals surface area contributed by atoms with E-state index in [1.165, 1.54) is 4.68 Å². The number of H-pyrrole nitrogens is 1. The fourth-order valence-electron chi connectivity index (χ4n) is 3.50. The summed E-state index contributed by atoms with van der Waals surface area (Å²) in [7, 11) is 0. The number of hydrogen-bond acceptors (Lipinski definition) is 4. The summed E-state index contributed by atoms with van der Waals surface area (Å²) in [5.74, 6) is 0.659. The number of likely N-dealkylation sites (tertiary alicyclic amines) is 1. The minimum absolute atomic E-state index is 0.0350. The van der Waals surface area contributed by atoms with Crippen molar-refractivity contribution in [1.82, 2.24) is 20.0 Å². The highest BCUT2D eigenvalue weighted by Gasteiger charge is 2.22. The van der Waals surface area contributed by atoms with Gasteiger partial charge in [0.25, 0.3) is 11.1 Å². The molecule has 2 N–H and O–H groups in total. The number of aromatic amines is 1. The van der Waals surface area contributed by atoms with E-state index in [1.807, 2.05) is 4.90 Å². The van der Waals surface area contributed by atoms with Gasteiger partial charge in [0.1, 0.15) is 0 Å². The van der Waals surface area contributed by atoms with Crippen molar-refractivity contribution < 1.29 is 4.79 Å². The Hall–Kier alpha value is -2.41. The van der Waals surface area contributed by atoms with E-state index in [4.69, 9.17) is 0 Å². The molecule has 0 radical (unpaired) electrons. The SMILES string of the molecule is CCNCC1CCN(C(=O)CCn2[nH]c(=O)c3ccccc3c2=O)CC1. The first-order chi connectivity index (χ1) is 12.6. The van der Waals surface area contributed by atoms with Gasteiger partial charge in [-0.25, -0.2) is 4.68 Å². The van der Waals surface area contributed by atoms with E-state index < -0.39 is 0 Å². The Balaban J connectivity index is 1.60. The molecule has 2 heterocycles. The van der Waals surface area contributed by atoms with Crippen LogP contribution in [0.15, 0.2) is 33.9 Å². The van der Waals surface area contributed by atoms with Crippen LogP contribution in [0.3, 0.4) is 0 Å². The van der Waals surface area contributed by atoms with Crippen molar-refractivity contribution >= 4 is 16.7 Å². The fourth-order valence-corrected chi connectivity index (χ4v) is 3.50. The molecule has 0 atom stereocenters. The van der Waals surface area contributed by atoms with Gasteiger partial charge in [0.2, 0.25) is 5.91 Å². The number of piperidine rings is 1. The number of nitrogens with zero attached hydrogens (tertiary/aromatic N) is 2. The molecule has 7 heteroatoms. The van der Waals surface area contributed by atoms with Gasteiger partial charge in [0.15, 0.2) is 0 Å². The van der Waals surface area contributed by atoms with Crippen LogP contribution in [0.5, 0.6) is 0 Å². The maximum Gasteiger partial charge on any atom is 0.273 e. The smallest absolute Gasteiger partial charge is 0.273 e. The third kappa shape index (κ3) is 4.04. The number of rotatable bonds is 6. The molecule has 3 rings (SSSR count). The van der Waals surface area contributed by atoms with Crippen LogP contribution in [0.25, 0.3) is 10.8 Å². The van der Waals surface area contributed by atoms with E-state index in [-0.39, 0.29) is 30.0 Å². The fraction of sp³-hybridized carbons (Fsp3) is 0.526. The number of carbonyl (C=O) groups is 1. The molecule has 2 aromatic rings. The van der Waals surface area contributed by atoms with Crippen molar-refractivity contribution in [3.63, 3.8) is 0 Å². The molecule has 0 aliphatic carbocycles. The summed E-state index contributed by atoms with van der Waals surface area (Å²) in [6, 6.07) is 6.73. The molecule has 1 aromatic carbocycles. The van der Waals surface area contributed by atoms with Crippen LogP contribution in [0.2, 0.25) is 0 Å². The van der Waals surface area contributed by atoms with Gasteiger partial charge in [0.05, 0.1) is 17.3 Å². The quantitative estimate of drug-likeness (QED) is 0.804. The second kappa shape index (κ2) is 8.31. The molecule has 1 saturated heterocycles. The van der Waals surface area contributed by atoms with Crippen LogP contribution in [0.4, 0.5) is 0 Å². The summed E-state index contributed by atoms with van der Waals surface area (Å²) in [5, 5.41) is 6.70. The lowest BCUT2D eigenvalue weighted by molar-refractivity contribution is -0.132. The molecule has 1 fully saturated rings. The van der Waals surface area contributed by atoms with Gasteiger partial charge >= 0.3 is 0 Å². The highest BCUT2D eigenvalue weighted by atomic mass is 16.2. The van der Waals surface area contributed by atoms with Gasteiger partial charge in [-0.05, 0) is 44.0 Å². The van der Waals surface area contributed by atoms with Gasteiger partial charge in [0, 0.05) is 19.5 Å². The molecule has 1 amide bonds. The van der Waals surface area contributed by atoms with Crippen LogP contribution in [-0.2, 0) is 11.3 Å². The van der Waals surface area contributed by atoms with E-state index in [0.29, 0.717) is 16.7 Å².